The lowest BCUT2D eigenvalue weighted by Crippen LogP contribution is -2.32. The van der Waals surface area contributed by atoms with Gasteiger partial charge in [-0.25, -0.2) is 4.79 Å². The van der Waals surface area contributed by atoms with E-state index in [-0.39, 0.29) is 6.42 Å². The second-order valence-corrected chi connectivity index (χ2v) is 4.26. The molecule has 0 spiro atoms. The summed E-state index contributed by atoms with van der Waals surface area (Å²) in [7, 11) is 0. The third-order valence-electron chi connectivity index (χ3n) is 2.17. The van der Waals surface area contributed by atoms with E-state index >= 15 is 0 Å². The van der Waals surface area contributed by atoms with Gasteiger partial charge in [0.05, 0.1) is 0 Å². The van der Waals surface area contributed by atoms with E-state index in [2.05, 4.69) is 15.9 Å². The first-order valence-electron chi connectivity index (χ1n) is 5.05. The Hall–Kier alpha value is -1.11. The lowest BCUT2D eigenvalue weighted by atomic mass is 10.1. The number of carbonyl (C=O) groups excluding carboxylic acids is 3. The van der Waals surface area contributed by atoms with Crippen molar-refractivity contribution in [2.75, 3.05) is 5.33 Å². The average Bonchev–Trinajstić information content (AvgIpc) is 2.55. The Balaban J connectivity index is 2.59. The third-order valence-corrected chi connectivity index (χ3v) is 2.81. The molecule has 3 unspecified atom stereocenters. The van der Waals surface area contributed by atoms with Crippen LogP contribution in [-0.4, -0.2) is 41.5 Å². The molecule has 1 saturated heterocycles. The second-order valence-electron chi connectivity index (χ2n) is 3.61. The highest BCUT2D eigenvalue weighted by Gasteiger charge is 2.41. The Morgan fingerprint density at radius 3 is 2.59 bits per heavy atom. The van der Waals surface area contributed by atoms with E-state index in [1.807, 2.05) is 0 Å². The molecule has 96 valence electrons. The molecule has 1 fully saturated rings. The molecular weight excluding hydrogens is 296 g/mol. The highest BCUT2D eigenvalue weighted by Crippen LogP contribution is 2.23. The quantitative estimate of drug-likeness (QED) is 0.429. The van der Waals surface area contributed by atoms with Crippen molar-refractivity contribution in [2.45, 2.75) is 38.6 Å². The van der Waals surface area contributed by atoms with Gasteiger partial charge in [-0.1, -0.05) is 15.9 Å². The summed E-state index contributed by atoms with van der Waals surface area (Å²) in [5, 5.41) is 0.345. The fourth-order valence-electron chi connectivity index (χ4n) is 1.52. The molecule has 0 aromatic carbocycles. The van der Waals surface area contributed by atoms with Crippen molar-refractivity contribution in [1.29, 1.82) is 0 Å². The first-order valence-corrected chi connectivity index (χ1v) is 6.17. The van der Waals surface area contributed by atoms with Crippen LogP contribution in [0.5, 0.6) is 0 Å². The number of hydrogen-bond acceptors (Lipinski definition) is 6. The molecule has 1 heterocycles. The molecule has 0 aromatic heterocycles. The minimum absolute atomic E-state index is 0.196. The molecule has 0 radical (unpaired) electrons. The second kappa shape index (κ2) is 6.00. The summed E-state index contributed by atoms with van der Waals surface area (Å²) in [6.07, 6.45) is -1.87. The Morgan fingerprint density at radius 2 is 2.12 bits per heavy atom. The molecule has 0 N–H and O–H groups in total. The smallest absolute Gasteiger partial charge is 0.348 e. The molecule has 3 atom stereocenters. The van der Waals surface area contributed by atoms with Crippen molar-refractivity contribution >= 4 is 33.8 Å². The van der Waals surface area contributed by atoms with Gasteiger partial charge in [0.15, 0.2) is 0 Å². The summed E-state index contributed by atoms with van der Waals surface area (Å²) in [4.78, 5) is 33.0. The number of halogens is 1. The van der Waals surface area contributed by atoms with Gasteiger partial charge in [0, 0.05) is 25.6 Å². The highest BCUT2D eigenvalue weighted by atomic mass is 79.9. The topological polar surface area (TPSA) is 78.9 Å². The average molecular weight is 309 g/mol. The van der Waals surface area contributed by atoms with Crippen LogP contribution in [0.2, 0.25) is 0 Å². The Labute approximate surface area is 107 Å². The van der Waals surface area contributed by atoms with Gasteiger partial charge in [-0.2, -0.15) is 0 Å². The predicted octanol–water partition coefficient (Wildman–Crippen LogP) is 0.560. The van der Waals surface area contributed by atoms with Gasteiger partial charge >= 0.3 is 17.9 Å². The lowest BCUT2D eigenvalue weighted by Gasteiger charge is -2.19. The molecule has 0 bridgehead atoms. The summed E-state index contributed by atoms with van der Waals surface area (Å²) in [5.74, 6) is -1.61. The van der Waals surface area contributed by atoms with Gasteiger partial charge < -0.3 is 14.2 Å². The van der Waals surface area contributed by atoms with Crippen molar-refractivity contribution in [3.8, 4) is 0 Å². The normalized spacial score (nSPS) is 25.0. The van der Waals surface area contributed by atoms with Gasteiger partial charge in [0.2, 0.25) is 6.10 Å². The number of esters is 3. The molecule has 0 aliphatic carbocycles. The molecule has 7 heteroatoms. The number of alkyl halides is 1. The number of hydrogen-bond donors (Lipinski definition) is 0. The maximum atomic E-state index is 11.4. The van der Waals surface area contributed by atoms with Crippen molar-refractivity contribution in [3.63, 3.8) is 0 Å². The van der Waals surface area contributed by atoms with E-state index < -0.39 is 36.2 Å². The Morgan fingerprint density at radius 1 is 1.47 bits per heavy atom. The number of rotatable bonds is 4. The van der Waals surface area contributed by atoms with Crippen LogP contribution >= 0.6 is 15.9 Å². The third kappa shape index (κ3) is 3.99. The van der Waals surface area contributed by atoms with Gasteiger partial charge in [-0.15, -0.1) is 0 Å². The van der Waals surface area contributed by atoms with Crippen LogP contribution in [0.4, 0.5) is 0 Å². The number of cyclic esters (lactones) is 1. The molecule has 0 saturated carbocycles. The van der Waals surface area contributed by atoms with Crippen LogP contribution in [0.15, 0.2) is 0 Å². The Bertz CT molecular complexity index is 329. The Kier molecular flexibility index (Phi) is 4.92. The summed E-state index contributed by atoms with van der Waals surface area (Å²) in [6.45, 7) is 2.49. The highest BCUT2D eigenvalue weighted by molar-refractivity contribution is 9.09. The van der Waals surface area contributed by atoms with Crippen LogP contribution in [0, 0.1) is 0 Å². The molecule has 1 aliphatic rings. The van der Waals surface area contributed by atoms with Crippen molar-refractivity contribution in [1.82, 2.24) is 0 Å². The van der Waals surface area contributed by atoms with Gasteiger partial charge in [0.1, 0.15) is 12.2 Å². The van der Waals surface area contributed by atoms with Crippen molar-refractivity contribution in [2.24, 2.45) is 0 Å². The summed E-state index contributed by atoms with van der Waals surface area (Å²) < 4.78 is 14.8. The summed E-state index contributed by atoms with van der Waals surface area (Å²) >= 11 is 3.17. The van der Waals surface area contributed by atoms with E-state index in [0.29, 0.717) is 5.33 Å². The first-order chi connectivity index (χ1) is 7.93. The van der Waals surface area contributed by atoms with Crippen LogP contribution in [-0.2, 0) is 28.6 Å². The zero-order chi connectivity index (χ0) is 13.0. The lowest BCUT2D eigenvalue weighted by molar-refractivity contribution is -0.163. The summed E-state index contributed by atoms with van der Waals surface area (Å²) in [5.41, 5.74) is 0. The first kappa shape index (κ1) is 14.0. The van der Waals surface area contributed by atoms with E-state index in [1.54, 1.807) is 0 Å². The van der Waals surface area contributed by atoms with E-state index in [0.717, 1.165) is 0 Å². The van der Waals surface area contributed by atoms with Crippen LogP contribution in [0.3, 0.4) is 0 Å². The molecule has 1 rings (SSSR count). The molecule has 1 aliphatic heterocycles. The molecule has 0 amide bonds. The molecule has 0 aromatic rings. The fourth-order valence-corrected chi connectivity index (χ4v) is 2.07. The zero-order valence-corrected chi connectivity index (χ0v) is 11.1. The molecule has 17 heavy (non-hydrogen) atoms. The standard InChI is InChI=1S/C10H13BrO6/c1-5(12)15-8-3-7(17-10(8)14)9(4-11)16-6(2)13/h7-9H,3-4H2,1-2H3. The largest absolute Gasteiger partial charge is 0.458 e. The molecular formula is C10H13BrO6. The van der Waals surface area contributed by atoms with E-state index in [9.17, 15) is 14.4 Å². The van der Waals surface area contributed by atoms with E-state index in [4.69, 9.17) is 14.2 Å². The minimum Gasteiger partial charge on any atom is -0.458 e. The SMILES string of the molecule is CC(=O)OC1CC(C(CBr)OC(C)=O)OC1=O. The van der Waals surface area contributed by atoms with Gasteiger partial charge in [0.25, 0.3) is 0 Å². The van der Waals surface area contributed by atoms with Gasteiger partial charge in [-0.05, 0) is 0 Å². The minimum atomic E-state index is -0.908. The number of carbonyl (C=O) groups is 3. The van der Waals surface area contributed by atoms with Crippen molar-refractivity contribution < 1.29 is 28.6 Å². The maximum absolute atomic E-state index is 11.4. The molecule has 6 nitrogen and oxygen atoms in total. The summed E-state index contributed by atoms with van der Waals surface area (Å²) in [6, 6.07) is 0. The monoisotopic (exact) mass is 308 g/mol. The van der Waals surface area contributed by atoms with Gasteiger partial charge in [-0.3, -0.25) is 9.59 Å². The predicted molar refractivity (Wildman–Crippen MR) is 59.4 cm³/mol. The van der Waals surface area contributed by atoms with Crippen LogP contribution < -0.4 is 0 Å². The van der Waals surface area contributed by atoms with Crippen LogP contribution in [0.25, 0.3) is 0 Å². The van der Waals surface area contributed by atoms with Crippen molar-refractivity contribution in [3.05, 3.63) is 0 Å². The van der Waals surface area contributed by atoms with E-state index in [1.165, 1.54) is 13.8 Å². The number of ether oxygens (including phenoxy) is 3. The maximum Gasteiger partial charge on any atom is 0.348 e. The fraction of sp³-hybridized carbons (Fsp3) is 0.700. The zero-order valence-electron chi connectivity index (χ0n) is 9.47. The van der Waals surface area contributed by atoms with Crippen LogP contribution in [0.1, 0.15) is 20.3 Å².